The SMILES string of the molecule is CCCC1CCCN(c2ncc(F)cc2CN)CC1. The average molecular weight is 265 g/mol. The molecule has 2 rings (SSSR count). The summed E-state index contributed by atoms with van der Waals surface area (Å²) in [5.41, 5.74) is 6.52. The Bertz CT molecular complexity index is 408. The summed E-state index contributed by atoms with van der Waals surface area (Å²) in [6, 6.07) is 1.51. The Balaban J connectivity index is 2.09. The Hall–Kier alpha value is -1.16. The highest BCUT2D eigenvalue weighted by atomic mass is 19.1. The Morgan fingerprint density at radius 2 is 2.26 bits per heavy atom. The maximum atomic E-state index is 13.2. The van der Waals surface area contributed by atoms with Crippen LogP contribution in [0.5, 0.6) is 0 Å². The fourth-order valence-electron chi connectivity index (χ4n) is 2.98. The molecule has 0 radical (unpaired) electrons. The molecule has 0 spiro atoms. The minimum atomic E-state index is -0.303. The summed E-state index contributed by atoms with van der Waals surface area (Å²) < 4.78 is 13.2. The van der Waals surface area contributed by atoms with E-state index in [-0.39, 0.29) is 5.82 Å². The third kappa shape index (κ3) is 3.66. The predicted molar refractivity (Wildman–Crippen MR) is 76.5 cm³/mol. The molecule has 0 saturated carbocycles. The Kier molecular flexibility index (Phi) is 5.14. The molecule has 2 heterocycles. The number of hydrogen-bond acceptors (Lipinski definition) is 3. The first-order chi connectivity index (χ1) is 9.24. The molecule has 4 heteroatoms. The molecule has 1 aliphatic rings. The average Bonchev–Trinajstić information content (AvgIpc) is 2.65. The van der Waals surface area contributed by atoms with Crippen molar-refractivity contribution in [3.05, 3.63) is 23.6 Å². The van der Waals surface area contributed by atoms with Crippen molar-refractivity contribution in [2.75, 3.05) is 18.0 Å². The Labute approximate surface area is 115 Å². The quantitative estimate of drug-likeness (QED) is 0.909. The largest absolute Gasteiger partial charge is 0.356 e. The maximum absolute atomic E-state index is 13.2. The van der Waals surface area contributed by atoms with Crippen LogP contribution in [0.2, 0.25) is 0 Å². The molecule has 1 fully saturated rings. The van der Waals surface area contributed by atoms with Gasteiger partial charge in [0, 0.05) is 25.2 Å². The zero-order valence-electron chi connectivity index (χ0n) is 11.7. The van der Waals surface area contributed by atoms with Gasteiger partial charge < -0.3 is 10.6 Å². The van der Waals surface area contributed by atoms with E-state index in [0.29, 0.717) is 6.54 Å². The van der Waals surface area contributed by atoms with E-state index in [1.807, 2.05) is 0 Å². The topological polar surface area (TPSA) is 42.2 Å². The summed E-state index contributed by atoms with van der Waals surface area (Å²) in [6.45, 7) is 4.61. The number of aromatic nitrogens is 1. The number of rotatable bonds is 4. The van der Waals surface area contributed by atoms with Gasteiger partial charge in [-0.1, -0.05) is 19.8 Å². The van der Waals surface area contributed by atoms with Crippen molar-refractivity contribution in [2.45, 2.75) is 45.6 Å². The van der Waals surface area contributed by atoms with Crippen LogP contribution in [-0.2, 0) is 6.54 Å². The first kappa shape index (κ1) is 14.3. The van der Waals surface area contributed by atoms with Crippen molar-refractivity contribution in [2.24, 2.45) is 11.7 Å². The summed E-state index contributed by atoms with van der Waals surface area (Å²) in [4.78, 5) is 6.53. The lowest BCUT2D eigenvalue weighted by Crippen LogP contribution is -2.27. The third-order valence-corrected chi connectivity index (χ3v) is 3.97. The van der Waals surface area contributed by atoms with Crippen LogP contribution in [0.15, 0.2) is 12.3 Å². The molecule has 3 nitrogen and oxygen atoms in total. The van der Waals surface area contributed by atoms with E-state index in [0.717, 1.165) is 30.4 Å². The number of hydrogen-bond donors (Lipinski definition) is 1. The van der Waals surface area contributed by atoms with E-state index < -0.39 is 0 Å². The van der Waals surface area contributed by atoms with Crippen molar-refractivity contribution >= 4 is 5.82 Å². The molecule has 1 atom stereocenters. The van der Waals surface area contributed by atoms with Gasteiger partial charge in [-0.3, -0.25) is 0 Å². The number of pyridine rings is 1. The zero-order valence-corrected chi connectivity index (χ0v) is 11.7. The molecule has 0 amide bonds. The van der Waals surface area contributed by atoms with Crippen LogP contribution in [0, 0.1) is 11.7 Å². The molecule has 19 heavy (non-hydrogen) atoms. The third-order valence-electron chi connectivity index (χ3n) is 3.97. The van der Waals surface area contributed by atoms with Crippen molar-refractivity contribution in [3.8, 4) is 0 Å². The van der Waals surface area contributed by atoms with Gasteiger partial charge in [-0.05, 0) is 31.2 Å². The second-order valence-corrected chi connectivity index (χ2v) is 5.41. The first-order valence-electron chi connectivity index (χ1n) is 7.34. The number of nitrogens with two attached hydrogens (primary N) is 1. The maximum Gasteiger partial charge on any atom is 0.141 e. The van der Waals surface area contributed by atoms with Crippen LogP contribution in [0.3, 0.4) is 0 Å². The molecular formula is C15H24FN3. The van der Waals surface area contributed by atoms with Gasteiger partial charge in [-0.15, -0.1) is 0 Å². The van der Waals surface area contributed by atoms with Gasteiger partial charge in [0.15, 0.2) is 0 Å². The summed E-state index contributed by atoms with van der Waals surface area (Å²) in [6.07, 6.45) is 7.55. The standard InChI is InChI=1S/C15H24FN3/c1-2-4-12-5-3-7-19(8-6-12)15-13(10-17)9-14(16)11-18-15/h9,11-12H,2-8,10,17H2,1H3. The normalized spacial score (nSPS) is 20.4. The van der Waals surface area contributed by atoms with Crippen LogP contribution in [0.1, 0.15) is 44.6 Å². The van der Waals surface area contributed by atoms with Crippen LogP contribution in [-0.4, -0.2) is 18.1 Å². The highest BCUT2D eigenvalue weighted by Crippen LogP contribution is 2.26. The number of nitrogens with zero attached hydrogens (tertiary/aromatic N) is 2. The van der Waals surface area contributed by atoms with Gasteiger partial charge in [-0.25, -0.2) is 9.37 Å². The van der Waals surface area contributed by atoms with E-state index in [2.05, 4.69) is 16.8 Å². The van der Waals surface area contributed by atoms with Gasteiger partial charge in [0.2, 0.25) is 0 Å². The molecule has 1 aromatic rings. The first-order valence-corrected chi connectivity index (χ1v) is 7.34. The lowest BCUT2D eigenvalue weighted by molar-refractivity contribution is 0.435. The van der Waals surface area contributed by atoms with Gasteiger partial charge in [-0.2, -0.15) is 0 Å². The minimum absolute atomic E-state index is 0.303. The number of halogens is 1. The van der Waals surface area contributed by atoms with Crippen molar-refractivity contribution in [3.63, 3.8) is 0 Å². The predicted octanol–water partition coefficient (Wildman–Crippen LogP) is 3.09. The lowest BCUT2D eigenvalue weighted by Gasteiger charge is -2.24. The molecule has 0 aromatic carbocycles. The molecule has 1 unspecified atom stereocenters. The molecule has 2 N–H and O–H groups in total. The molecule has 1 aromatic heterocycles. The minimum Gasteiger partial charge on any atom is -0.356 e. The molecule has 0 bridgehead atoms. The zero-order chi connectivity index (χ0) is 13.7. The smallest absolute Gasteiger partial charge is 0.141 e. The second-order valence-electron chi connectivity index (χ2n) is 5.41. The lowest BCUT2D eigenvalue weighted by atomic mass is 9.96. The van der Waals surface area contributed by atoms with Crippen LogP contribution in [0.25, 0.3) is 0 Å². The second kappa shape index (κ2) is 6.85. The Morgan fingerprint density at radius 1 is 1.42 bits per heavy atom. The van der Waals surface area contributed by atoms with Gasteiger partial charge >= 0.3 is 0 Å². The summed E-state index contributed by atoms with van der Waals surface area (Å²) in [5, 5.41) is 0. The Morgan fingerprint density at radius 3 is 3.00 bits per heavy atom. The fourth-order valence-corrected chi connectivity index (χ4v) is 2.98. The van der Waals surface area contributed by atoms with Crippen LogP contribution in [0.4, 0.5) is 10.2 Å². The van der Waals surface area contributed by atoms with E-state index >= 15 is 0 Å². The van der Waals surface area contributed by atoms with Gasteiger partial charge in [0.1, 0.15) is 11.6 Å². The molecule has 1 aliphatic heterocycles. The van der Waals surface area contributed by atoms with E-state index in [1.54, 1.807) is 0 Å². The van der Waals surface area contributed by atoms with Gasteiger partial charge in [0.05, 0.1) is 6.20 Å². The fraction of sp³-hybridized carbons (Fsp3) is 0.667. The van der Waals surface area contributed by atoms with E-state index in [9.17, 15) is 4.39 Å². The summed E-state index contributed by atoms with van der Waals surface area (Å²) in [5.74, 6) is 1.40. The van der Waals surface area contributed by atoms with Crippen molar-refractivity contribution in [1.29, 1.82) is 0 Å². The van der Waals surface area contributed by atoms with Gasteiger partial charge in [0.25, 0.3) is 0 Å². The monoisotopic (exact) mass is 265 g/mol. The van der Waals surface area contributed by atoms with Crippen molar-refractivity contribution < 1.29 is 4.39 Å². The highest BCUT2D eigenvalue weighted by molar-refractivity contribution is 5.47. The number of anilines is 1. The molecule has 0 aliphatic carbocycles. The van der Waals surface area contributed by atoms with Crippen LogP contribution >= 0.6 is 0 Å². The van der Waals surface area contributed by atoms with Crippen molar-refractivity contribution in [1.82, 2.24) is 4.98 Å². The highest BCUT2D eigenvalue weighted by Gasteiger charge is 2.19. The molecule has 106 valence electrons. The van der Waals surface area contributed by atoms with E-state index in [4.69, 9.17) is 5.73 Å². The van der Waals surface area contributed by atoms with Crippen LogP contribution < -0.4 is 10.6 Å². The van der Waals surface area contributed by atoms with E-state index in [1.165, 1.54) is 44.4 Å². The summed E-state index contributed by atoms with van der Waals surface area (Å²) in [7, 11) is 0. The summed E-state index contributed by atoms with van der Waals surface area (Å²) >= 11 is 0. The molecular weight excluding hydrogens is 241 g/mol. The molecule has 1 saturated heterocycles.